The van der Waals surface area contributed by atoms with E-state index >= 15 is 0 Å². The second-order valence-electron chi connectivity index (χ2n) is 5.86. The van der Waals surface area contributed by atoms with Crippen LogP contribution in [0.5, 0.6) is 0 Å². The van der Waals surface area contributed by atoms with Crippen molar-refractivity contribution in [3.05, 3.63) is 12.2 Å². The lowest BCUT2D eigenvalue weighted by molar-refractivity contribution is -0.147. The third kappa shape index (κ3) is 2.35. The summed E-state index contributed by atoms with van der Waals surface area (Å²) in [6.45, 7) is 5.33. The molecular formula is C13H19NO4. The second-order valence-corrected chi connectivity index (χ2v) is 5.86. The van der Waals surface area contributed by atoms with Gasteiger partial charge in [0, 0.05) is 5.92 Å². The second kappa shape index (κ2) is 4.30. The van der Waals surface area contributed by atoms with Gasteiger partial charge in [0.2, 0.25) is 0 Å². The van der Waals surface area contributed by atoms with Gasteiger partial charge < -0.3 is 9.84 Å². The van der Waals surface area contributed by atoms with Gasteiger partial charge in [-0.3, -0.25) is 4.90 Å². The van der Waals surface area contributed by atoms with Crippen molar-refractivity contribution < 1.29 is 19.4 Å². The zero-order valence-corrected chi connectivity index (χ0v) is 10.9. The predicted octanol–water partition coefficient (Wildman–Crippen LogP) is 2.03. The van der Waals surface area contributed by atoms with Crippen molar-refractivity contribution in [2.45, 2.75) is 51.3 Å². The van der Waals surface area contributed by atoms with Crippen molar-refractivity contribution >= 4 is 12.1 Å². The van der Waals surface area contributed by atoms with E-state index in [1.54, 1.807) is 20.8 Å². The minimum Gasteiger partial charge on any atom is -0.480 e. The van der Waals surface area contributed by atoms with Gasteiger partial charge in [-0.1, -0.05) is 12.2 Å². The summed E-state index contributed by atoms with van der Waals surface area (Å²) in [7, 11) is 0. The summed E-state index contributed by atoms with van der Waals surface area (Å²) in [5.74, 6) is -1.06. The Balaban J connectivity index is 2.22. The Labute approximate surface area is 106 Å². The average Bonchev–Trinajstić information content (AvgIpc) is 2.26. The lowest BCUT2D eigenvalue weighted by Gasteiger charge is -2.45. The topological polar surface area (TPSA) is 66.8 Å². The highest BCUT2D eigenvalue weighted by molar-refractivity contribution is 5.82. The van der Waals surface area contributed by atoms with Gasteiger partial charge in [-0.05, 0) is 33.6 Å². The molecular weight excluding hydrogens is 234 g/mol. The number of carbonyl (C=O) groups excluding carboxylic acids is 1. The maximum Gasteiger partial charge on any atom is 0.411 e. The summed E-state index contributed by atoms with van der Waals surface area (Å²) in [5, 5.41) is 9.29. The van der Waals surface area contributed by atoms with Crippen molar-refractivity contribution in [2.24, 2.45) is 5.92 Å². The molecule has 3 atom stereocenters. The monoisotopic (exact) mass is 253 g/mol. The number of fused-ring (bicyclic) bond motifs is 2. The minimum atomic E-state index is -0.958. The molecule has 0 spiro atoms. The molecule has 1 aliphatic carbocycles. The van der Waals surface area contributed by atoms with Gasteiger partial charge in [0.25, 0.3) is 0 Å². The Morgan fingerprint density at radius 1 is 1.28 bits per heavy atom. The van der Waals surface area contributed by atoms with Crippen LogP contribution in [0.1, 0.15) is 33.6 Å². The Morgan fingerprint density at radius 3 is 2.39 bits per heavy atom. The summed E-state index contributed by atoms with van der Waals surface area (Å²) in [4.78, 5) is 24.8. The molecule has 1 amide bonds. The Kier molecular flexibility index (Phi) is 3.09. The first-order chi connectivity index (χ1) is 8.29. The zero-order chi connectivity index (χ0) is 13.5. The fourth-order valence-corrected chi connectivity index (χ4v) is 2.60. The molecule has 18 heavy (non-hydrogen) atoms. The summed E-state index contributed by atoms with van der Waals surface area (Å²) in [6, 6.07) is -0.936. The van der Waals surface area contributed by atoms with E-state index in [9.17, 15) is 14.7 Å². The number of carbonyl (C=O) groups is 2. The van der Waals surface area contributed by atoms with Crippen LogP contribution in [0, 0.1) is 5.92 Å². The van der Waals surface area contributed by atoms with E-state index in [1.165, 1.54) is 4.90 Å². The van der Waals surface area contributed by atoms with Crippen LogP contribution in [-0.2, 0) is 9.53 Å². The lowest BCUT2D eigenvalue weighted by atomic mass is 9.80. The fourth-order valence-electron chi connectivity index (χ4n) is 2.60. The highest BCUT2D eigenvalue weighted by Crippen LogP contribution is 2.35. The number of piperidine rings is 1. The molecule has 100 valence electrons. The van der Waals surface area contributed by atoms with E-state index in [2.05, 4.69) is 0 Å². The van der Waals surface area contributed by atoms with Crippen molar-refractivity contribution in [2.75, 3.05) is 0 Å². The highest BCUT2D eigenvalue weighted by atomic mass is 16.6. The van der Waals surface area contributed by atoms with E-state index in [4.69, 9.17) is 4.74 Å². The van der Waals surface area contributed by atoms with Crippen LogP contribution in [0.2, 0.25) is 0 Å². The van der Waals surface area contributed by atoms with Crippen LogP contribution in [0.3, 0.4) is 0 Å². The standard InChI is InChI=1S/C13H19NO4/c1-13(2,3)18-12(17)14-9-6-4-8(5-7-9)10(14)11(15)16/h4,6,8-10H,5,7H2,1-3H3,(H,15,16). The van der Waals surface area contributed by atoms with Crippen molar-refractivity contribution in [1.29, 1.82) is 0 Å². The molecule has 5 heteroatoms. The first-order valence-corrected chi connectivity index (χ1v) is 6.22. The van der Waals surface area contributed by atoms with Gasteiger partial charge >= 0.3 is 12.1 Å². The molecule has 0 radical (unpaired) electrons. The van der Waals surface area contributed by atoms with Gasteiger partial charge in [-0.15, -0.1) is 0 Å². The molecule has 0 aromatic carbocycles. The van der Waals surface area contributed by atoms with Crippen LogP contribution >= 0.6 is 0 Å². The number of aliphatic carboxylic acids is 1. The molecule has 1 saturated heterocycles. The molecule has 1 N–H and O–H groups in total. The van der Waals surface area contributed by atoms with Gasteiger partial charge in [0.1, 0.15) is 11.6 Å². The predicted molar refractivity (Wildman–Crippen MR) is 65.1 cm³/mol. The maximum atomic E-state index is 12.1. The van der Waals surface area contributed by atoms with Crippen molar-refractivity contribution in [3.8, 4) is 0 Å². The van der Waals surface area contributed by atoms with Crippen LogP contribution < -0.4 is 0 Å². The third-order valence-corrected chi connectivity index (χ3v) is 3.30. The zero-order valence-electron chi connectivity index (χ0n) is 10.9. The molecule has 0 aromatic heterocycles. The van der Waals surface area contributed by atoms with Crippen LogP contribution in [0.4, 0.5) is 4.79 Å². The van der Waals surface area contributed by atoms with Gasteiger partial charge in [0.05, 0.1) is 6.04 Å². The molecule has 3 unspecified atom stereocenters. The molecule has 3 aliphatic rings. The first kappa shape index (κ1) is 12.9. The molecule has 0 saturated carbocycles. The van der Waals surface area contributed by atoms with Crippen LogP contribution in [-0.4, -0.2) is 39.8 Å². The molecule has 3 rings (SSSR count). The molecule has 2 aliphatic heterocycles. The minimum absolute atomic E-state index is 0.0972. The van der Waals surface area contributed by atoms with Gasteiger partial charge in [0.15, 0.2) is 0 Å². The van der Waals surface area contributed by atoms with Crippen molar-refractivity contribution in [1.82, 2.24) is 4.90 Å². The average molecular weight is 253 g/mol. The normalized spacial score (nSPS) is 30.4. The summed E-state index contributed by atoms with van der Waals surface area (Å²) in [6.07, 6.45) is 4.92. The SMILES string of the molecule is CC(C)(C)OC(=O)N1C2C=CC(CC2)C1C(=O)O. The van der Waals surface area contributed by atoms with Gasteiger partial charge in [-0.2, -0.15) is 0 Å². The maximum absolute atomic E-state index is 12.1. The van der Waals surface area contributed by atoms with E-state index < -0.39 is 23.7 Å². The molecule has 5 nitrogen and oxygen atoms in total. The largest absolute Gasteiger partial charge is 0.480 e. The number of hydrogen-bond donors (Lipinski definition) is 1. The van der Waals surface area contributed by atoms with E-state index in [0.717, 1.165) is 12.8 Å². The molecule has 1 fully saturated rings. The number of carboxylic acids is 1. The first-order valence-electron chi connectivity index (χ1n) is 6.22. The van der Waals surface area contributed by atoms with Gasteiger partial charge in [-0.25, -0.2) is 9.59 Å². The quantitative estimate of drug-likeness (QED) is 0.726. The lowest BCUT2D eigenvalue weighted by Crippen LogP contribution is -2.59. The number of nitrogens with zero attached hydrogens (tertiary/aromatic N) is 1. The van der Waals surface area contributed by atoms with Crippen molar-refractivity contribution in [3.63, 3.8) is 0 Å². The molecule has 0 aromatic rings. The Bertz CT molecular complexity index is 396. The number of hydrogen-bond acceptors (Lipinski definition) is 3. The fraction of sp³-hybridized carbons (Fsp3) is 0.692. The van der Waals surface area contributed by atoms with E-state index in [1.807, 2.05) is 12.2 Å². The van der Waals surface area contributed by atoms with E-state index in [0.29, 0.717) is 0 Å². The Hall–Kier alpha value is -1.52. The summed E-state index contributed by atoms with van der Waals surface area (Å²) in [5.41, 5.74) is -0.611. The summed E-state index contributed by atoms with van der Waals surface area (Å²) >= 11 is 0. The molecule has 2 heterocycles. The Morgan fingerprint density at radius 2 is 1.94 bits per heavy atom. The smallest absolute Gasteiger partial charge is 0.411 e. The number of amides is 1. The van der Waals surface area contributed by atoms with Crippen LogP contribution in [0.25, 0.3) is 0 Å². The number of rotatable bonds is 1. The van der Waals surface area contributed by atoms with Crippen LogP contribution in [0.15, 0.2) is 12.2 Å². The highest BCUT2D eigenvalue weighted by Gasteiger charge is 2.46. The number of ether oxygens (including phenoxy) is 1. The molecule has 2 bridgehead atoms. The summed E-state index contributed by atoms with van der Waals surface area (Å²) < 4.78 is 5.30. The third-order valence-electron chi connectivity index (χ3n) is 3.30. The van der Waals surface area contributed by atoms with E-state index in [-0.39, 0.29) is 12.0 Å². The number of carboxylic acid groups (broad SMARTS) is 1.